The van der Waals surface area contributed by atoms with Crippen molar-refractivity contribution < 1.29 is 23.8 Å². The zero-order valence-electron chi connectivity index (χ0n) is 19.2. The topological polar surface area (TPSA) is 84.1 Å². The number of aryl methyl sites for hydroxylation is 1. The molecule has 32 heavy (non-hydrogen) atoms. The number of esters is 1. The highest BCUT2D eigenvalue weighted by atomic mass is 16.7. The maximum Gasteiger partial charge on any atom is 0.340 e. The average Bonchev–Trinajstić information content (AvgIpc) is 3.36. The van der Waals surface area contributed by atoms with Crippen LogP contribution < -0.4 is 9.47 Å². The van der Waals surface area contributed by atoms with E-state index in [1.165, 1.54) is 5.56 Å². The Bertz CT molecular complexity index is 1010. The first-order chi connectivity index (χ1) is 15.4. The van der Waals surface area contributed by atoms with Crippen LogP contribution in [0.3, 0.4) is 0 Å². The van der Waals surface area contributed by atoms with E-state index in [9.17, 15) is 9.59 Å². The SMILES string of the molecule is CCOC(=O)c1c(C)[nH]c(C(=O)C(C)N2CCN(Cc3ccc4c(c3)OCO4)CC2)c1C. The van der Waals surface area contributed by atoms with Gasteiger partial charge in [-0.25, -0.2) is 4.79 Å². The molecule has 0 spiro atoms. The van der Waals surface area contributed by atoms with Gasteiger partial charge in [0.2, 0.25) is 6.79 Å². The summed E-state index contributed by atoms with van der Waals surface area (Å²) >= 11 is 0. The molecular weight excluding hydrogens is 410 g/mol. The van der Waals surface area contributed by atoms with E-state index in [1.807, 2.05) is 19.1 Å². The third kappa shape index (κ3) is 4.38. The lowest BCUT2D eigenvalue weighted by atomic mass is 10.0. The van der Waals surface area contributed by atoms with Gasteiger partial charge < -0.3 is 19.2 Å². The highest BCUT2D eigenvalue weighted by Gasteiger charge is 2.30. The highest BCUT2D eigenvalue weighted by Crippen LogP contribution is 2.33. The number of ketones is 1. The van der Waals surface area contributed by atoms with Gasteiger partial charge in [-0.2, -0.15) is 0 Å². The molecule has 2 aliphatic rings. The number of H-pyrrole nitrogens is 1. The molecule has 1 saturated heterocycles. The number of aromatic amines is 1. The van der Waals surface area contributed by atoms with E-state index in [1.54, 1.807) is 20.8 Å². The normalized spacial score (nSPS) is 17.4. The molecule has 1 N–H and O–H groups in total. The second kappa shape index (κ2) is 9.34. The lowest BCUT2D eigenvalue weighted by Gasteiger charge is -2.37. The molecule has 2 aliphatic heterocycles. The third-order valence-corrected chi connectivity index (χ3v) is 6.34. The number of hydrogen-bond acceptors (Lipinski definition) is 7. The summed E-state index contributed by atoms with van der Waals surface area (Å²) in [5.74, 6) is 1.22. The second-order valence-corrected chi connectivity index (χ2v) is 8.39. The number of hydrogen-bond donors (Lipinski definition) is 1. The number of piperazine rings is 1. The van der Waals surface area contributed by atoms with Crippen LogP contribution in [0.1, 0.15) is 51.5 Å². The van der Waals surface area contributed by atoms with Crippen LogP contribution in [0.2, 0.25) is 0 Å². The molecule has 1 atom stereocenters. The van der Waals surface area contributed by atoms with Crippen LogP contribution in [0.25, 0.3) is 0 Å². The van der Waals surface area contributed by atoms with Crippen LogP contribution in [0.15, 0.2) is 18.2 Å². The summed E-state index contributed by atoms with van der Waals surface area (Å²) in [7, 11) is 0. The van der Waals surface area contributed by atoms with E-state index in [-0.39, 0.29) is 24.6 Å². The van der Waals surface area contributed by atoms with Crippen molar-refractivity contribution in [1.29, 1.82) is 0 Å². The van der Waals surface area contributed by atoms with Crippen LogP contribution in [0.4, 0.5) is 0 Å². The minimum Gasteiger partial charge on any atom is -0.462 e. The Morgan fingerprint density at radius 3 is 2.56 bits per heavy atom. The van der Waals surface area contributed by atoms with Crippen molar-refractivity contribution in [3.63, 3.8) is 0 Å². The van der Waals surface area contributed by atoms with Crippen molar-refractivity contribution in [1.82, 2.24) is 14.8 Å². The number of carbonyl (C=O) groups excluding carboxylic acids is 2. The van der Waals surface area contributed by atoms with Crippen LogP contribution in [-0.2, 0) is 11.3 Å². The summed E-state index contributed by atoms with van der Waals surface area (Å²) in [5, 5.41) is 0. The molecule has 3 heterocycles. The number of rotatable bonds is 7. The average molecular weight is 442 g/mol. The van der Waals surface area contributed by atoms with Crippen LogP contribution in [0, 0.1) is 13.8 Å². The van der Waals surface area contributed by atoms with Gasteiger partial charge in [0, 0.05) is 38.4 Å². The maximum atomic E-state index is 13.2. The first kappa shape index (κ1) is 22.4. The van der Waals surface area contributed by atoms with Crippen molar-refractivity contribution >= 4 is 11.8 Å². The van der Waals surface area contributed by atoms with E-state index in [4.69, 9.17) is 14.2 Å². The van der Waals surface area contributed by atoms with Gasteiger partial charge in [-0.15, -0.1) is 0 Å². The molecule has 0 bridgehead atoms. The second-order valence-electron chi connectivity index (χ2n) is 8.39. The summed E-state index contributed by atoms with van der Waals surface area (Å²) < 4.78 is 16.0. The number of nitrogens with one attached hydrogen (secondary N) is 1. The van der Waals surface area contributed by atoms with Crippen molar-refractivity contribution in [2.75, 3.05) is 39.6 Å². The Kier molecular flexibility index (Phi) is 6.53. The smallest absolute Gasteiger partial charge is 0.340 e. The van der Waals surface area contributed by atoms with E-state index in [2.05, 4.69) is 20.9 Å². The first-order valence-electron chi connectivity index (χ1n) is 11.1. The van der Waals surface area contributed by atoms with E-state index in [0.717, 1.165) is 44.2 Å². The molecule has 4 rings (SSSR count). The molecule has 1 fully saturated rings. The number of ether oxygens (including phenoxy) is 3. The zero-order valence-corrected chi connectivity index (χ0v) is 19.2. The van der Waals surface area contributed by atoms with Crippen molar-refractivity contribution in [3.8, 4) is 11.5 Å². The molecule has 172 valence electrons. The molecule has 0 amide bonds. The van der Waals surface area contributed by atoms with Crippen LogP contribution in [-0.4, -0.2) is 72.2 Å². The number of fused-ring (bicyclic) bond motifs is 1. The maximum absolute atomic E-state index is 13.2. The van der Waals surface area contributed by atoms with E-state index < -0.39 is 0 Å². The monoisotopic (exact) mass is 441 g/mol. The summed E-state index contributed by atoms with van der Waals surface area (Å²) in [6, 6.07) is 5.80. The predicted molar refractivity (Wildman–Crippen MR) is 119 cm³/mol. The molecule has 1 aromatic carbocycles. The predicted octanol–water partition coefficient (Wildman–Crippen LogP) is 2.93. The molecular formula is C24H31N3O5. The van der Waals surface area contributed by atoms with E-state index in [0.29, 0.717) is 29.1 Å². The fraction of sp³-hybridized carbons (Fsp3) is 0.500. The Labute approximate surface area is 188 Å². The van der Waals surface area contributed by atoms with Gasteiger partial charge in [0.05, 0.1) is 23.9 Å². The Morgan fingerprint density at radius 2 is 1.84 bits per heavy atom. The molecule has 0 saturated carbocycles. The minimum atomic E-state index is -0.386. The van der Waals surface area contributed by atoms with Gasteiger partial charge in [-0.3, -0.25) is 14.6 Å². The number of carbonyl (C=O) groups is 2. The van der Waals surface area contributed by atoms with Gasteiger partial charge in [-0.05, 0) is 51.0 Å². The largest absolute Gasteiger partial charge is 0.462 e. The Morgan fingerprint density at radius 1 is 1.12 bits per heavy atom. The molecule has 8 heteroatoms. The fourth-order valence-corrected chi connectivity index (χ4v) is 4.49. The molecule has 2 aromatic rings. The van der Waals surface area contributed by atoms with Gasteiger partial charge in [0.1, 0.15) is 0 Å². The summed E-state index contributed by atoms with van der Waals surface area (Å²) in [6.07, 6.45) is 0. The number of Topliss-reactive ketones (excluding diaryl/α,β-unsaturated/α-hetero) is 1. The van der Waals surface area contributed by atoms with Crippen molar-refractivity contribution in [3.05, 3.63) is 46.3 Å². The number of benzene rings is 1. The fourth-order valence-electron chi connectivity index (χ4n) is 4.49. The molecule has 1 unspecified atom stereocenters. The van der Waals surface area contributed by atoms with Crippen LogP contribution in [0.5, 0.6) is 11.5 Å². The Balaban J connectivity index is 1.36. The highest BCUT2D eigenvalue weighted by molar-refractivity contribution is 6.03. The summed E-state index contributed by atoms with van der Waals surface area (Å²) in [6.45, 7) is 12.1. The summed E-state index contributed by atoms with van der Waals surface area (Å²) in [5.41, 5.74) is 3.50. The van der Waals surface area contributed by atoms with Gasteiger partial charge in [0.25, 0.3) is 0 Å². The number of nitrogens with zero attached hydrogens (tertiary/aromatic N) is 2. The lowest BCUT2D eigenvalue weighted by molar-refractivity contribution is 0.0525. The minimum absolute atomic E-state index is 0.00497. The van der Waals surface area contributed by atoms with E-state index >= 15 is 0 Å². The third-order valence-electron chi connectivity index (χ3n) is 6.34. The number of aromatic nitrogens is 1. The first-order valence-corrected chi connectivity index (χ1v) is 11.1. The van der Waals surface area contributed by atoms with Gasteiger partial charge in [0.15, 0.2) is 17.3 Å². The summed E-state index contributed by atoms with van der Waals surface area (Å²) in [4.78, 5) is 33.2. The molecule has 8 nitrogen and oxygen atoms in total. The van der Waals surface area contributed by atoms with Gasteiger partial charge in [-0.1, -0.05) is 6.07 Å². The lowest BCUT2D eigenvalue weighted by Crippen LogP contribution is -2.51. The molecule has 0 aliphatic carbocycles. The zero-order chi connectivity index (χ0) is 22.8. The standard InChI is InChI=1S/C24H31N3O5/c1-5-30-24(29)21-15(2)22(25-16(21)3)23(28)17(4)27-10-8-26(9-11-27)13-18-6-7-19-20(12-18)32-14-31-19/h6-7,12,17,25H,5,8-11,13-14H2,1-4H3. The van der Waals surface area contributed by atoms with Crippen LogP contribution >= 0.6 is 0 Å². The molecule has 1 aromatic heterocycles. The van der Waals surface area contributed by atoms with Gasteiger partial charge >= 0.3 is 5.97 Å². The van der Waals surface area contributed by atoms with Crippen molar-refractivity contribution in [2.24, 2.45) is 0 Å². The molecule has 0 radical (unpaired) electrons. The van der Waals surface area contributed by atoms with Crippen molar-refractivity contribution in [2.45, 2.75) is 40.3 Å². The quantitative estimate of drug-likeness (QED) is 0.522. The Hall–Kier alpha value is -2.84.